The highest BCUT2D eigenvalue weighted by Gasteiger charge is 2.39. The smallest absolute Gasteiger partial charge is 0.416 e. The maximum Gasteiger partial charge on any atom is 0.416 e. The topological polar surface area (TPSA) is 64.6 Å². The summed E-state index contributed by atoms with van der Waals surface area (Å²) in [6.07, 6.45) is -11.5. The highest BCUT2D eigenvalue weighted by Crippen LogP contribution is 2.38. The molecule has 0 radical (unpaired) electrons. The molecule has 3 aromatic rings. The van der Waals surface area contributed by atoms with Gasteiger partial charge in [0.2, 0.25) is 0 Å². The fourth-order valence-corrected chi connectivity index (χ4v) is 4.06. The lowest BCUT2D eigenvalue weighted by atomic mass is 9.86. The van der Waals surface area contributed by atoms with Crippen molar-refractivity contribution in [3.05, 3.63) is 107 Å². The molecule has 0 unspecified atom stereocenters. The van der Waals surface area contributed by atoms with Crippen LogP contribution in [0.15, 0.2) is 78.9 Å². The minimum Gasteiger partial charge on any atom is -0.445 e. The van der Waals surface area contributed by atoms with Gasteiger partial charge in [-0.3, -0.25) is 0 Å². The molecule has 0 aliphatic heterocycles. The van der Waals surface area contributed by atoms with E-state index in [1.165, 1.54) is 6.92 Å². The van der Waals surface area contributed by atoms with E-state index in [1.807, 2.05) is 0 Å². The van der Waals surface area contributed by atoms with Crippen molar-refractivity contribution in [3.8, 4) is 0 Å². The summed E-state index contributed by atoms with van der Waals surface area (Å²) >= 11 is 0. The van der Waals surface area contributed by atoms with Crippen molar-refractivity contribution < 1.29 is 45.4 Å². The molecule has 5 nitrogen and oxygen atoms in total. The van der Waals surface area contributed by atoms with Crippen molar-refractivity contribution in [3.63, 3.8) is 0 Å². The lowest BCUT2D eigenvalue weighted by Gasteiger charge is -2.35. The number of hydrogen-bond acceptors (Lipinski definition) is 4. The van der Waals surface area contributed by atoms with Crippen LogP contribution in [0.4, 0.5) is 31.1 Å². The van der Waals surface area contributed by atoms with Gasteiger partial charge < -0.3 is 19.6 Å². The van der Waals surface area contributed by atoms with E-state index in [1.54, 1.807) is 60.7 Å². The minimum atomic E-state index is -5.02. The Hall–Kier alpha value is -3.86. The molecule has 0 heterocycles. The highest BCUT2D eigenvalue weighted by molar-refractivity contribution is 5.69. The van der Waals surface area contributed by atoms with E-state index in [4.69, 9.17) is 9.47 Å². The van der Waals surface area contributed by atoms with E-state index in [0.29, 0.717) is 29.5 Å². The Morgan fingerprint density at radius 1 is 0.850 bits per heavy atom. The molecule has 0 aromatic heterocycles. The molecule has 0 saturated heterocycles. The third-order valence-electron chi connectivity index (χ3n) is 6.23. The highest BCUT2D eigenvalue weighted by atomic mass is 19.4. The number of rotatable bonds is 11. The predicted octanol–water partition coefficient (Wildman–Crippen LogP) is 7.60. The monoisotopic (exact) mass is 567 g/mol. The van der Waals surface area contributed by atoms with Crippen LogP contribution in [0.3, 0.4) is 0 Å². The average Bonchev–Trinajstić information content (AvgIpc) is 2.93. The van der Waals surface area contributed by atoms with E-state index in [2.05, 4.69) is 5.32 Å². The first-order valence-electron chi connectivity index (χ1n) is 12.2. The lowest BCUT2D eigenvalue weighted by Crippen LogP contribution is -2.49. The second kappa shape index (κ2) is 13.0. The average molecular weight is 568 g/mol. The molecule has 214 valence electrons. The Labute approximate surface area is 227 Å². The van der Waals surface area contributed by atoms with Crippen LogP contribution < -0.4 is 5.32 Å². The first-order valence-corrected chi connectivity index (χ1v) is 12.2. The lowest BCUT2D eigenvalue weighted by molar-refractivity contribution is -0.143. The summed E-state index contributed by atoms with van der Waals surface area (Å²) in [6.45, 7) is 0.857. The summed E-state index contributed by atoms with van der Waals surface area (Å²) in [5.74, 6) is 0. The number of aldehydes is 1. The van der Waals surface area contributed by atoms with Gasteiger partial charge in [-0.1, -0.05) is 60.7 Å². The van der Waals surface area contributed by atoms with Gasteiger partial charge in [-0.05, 0) is 48.2 Å². The Morgan fingerprint density at radius 2 is 1.40 bits per heavy atom. The Kier molecular flexibility index (Phi) is 9.97. The molecule has 40 heavy (non-hydrogen) atoms. The minimum absolute atomic E-state index is 0.0179. The van der Waals surface area contributed by atoms with E-state index >= 15 is 0 Å². The molecule has 0 fully saturated rings. The summed E-state index contributed by atoms with van der Waals surface area (Å²) in [5, 5.41) is 2.72. The Morgan fingerprint density at radius 3 is 1.93 bits per heavy atom. The van der Waals surface area contributed by atoms with Gasteiger partial charge in [0, 0.05) is 6.42 Å². The number of benzene rings is 3. The molecule has 3 rings (SSSR count). The van der Waals surface area contributed by atoms with Crippen molar-refractivity contribution in [1.82, 2.24) is 5.32 Å². The van der Waals surface area contributed by atoms with Gasteiger partial charge in [-0.15, -0.1) is 0 Å². The predicted molar refractivity (Wildman–Crippen MR) is 134 cm³/mol. The van der Waals surface area contributed by atoms with Gasteiger partial charge in [-0.25, -0.2) is 4.79 Å². The Bertz CT molecular complexity index is 1230. The second-order valence-corrected chi connectivity index (χ2v) is 9.13. The van der Waals surface area contributed by atoms with Crippen molar-refractivity contribution in [2.24, 2.45) is 0 Å². The van der Waals surface area contributed by atoms with Crippen molar-refractivity contribution in [1.29, 1.82) is 0 Å². The SMILES string of the molecule is C[C@@H](OC[C@@](CCC=O)(NC(=O)OCc1ccccc1)c1ccccc1)c1cc(C(F)(F)F)cc(C(F)(F)F)c1. The molecule has 0 bridgehead atoms. The molecule has 1 N–H and O–H groups in total. The summed E-state index contributed by atoms with van der Waals surface area (Å²) in [4.78, 5) is 24.2. The number of amides is 1. The van der Waals surface area contributed by atoms with Crippen LogP contribution in [-0.2, 0) is 38.8 Å². The first-order chi connectivity index (χ1) is 18.8. The molecule has 0 spiro atoms. The van der Waals surface area contributed by atoms with Gasteiger partial charge in [0.15, 0.2) is 0 Å². The fraction of sp³-hybridized carbons (Fsp3) is 0.310. The quantitative estimate of drug-likeness (QED) is 0.191. The molecule has 2 atom stereocenters. The van der Waals surface area contributed by atoms with Gasteiger partial charge in [0.25, 0.3) is 0 Å². The van der Waals surface area contributed by atoms with E-state index in [-0.39, 0.29) is 37.7 Å². The maximum atomic E-state index is 13.4. The number of hydrogen-bond donors (Lipinski definition) is 1. The van der Waals surface area contributed by atoms with Crippen LogP contribution in [0.2, 0.25) is 0 Å². The third kappa shape index (κ3) is 8.32. The zero-order chi connectivity index (χ0) is 29.4. The van der Waals surface area contributed by atoms with E-state index < -0.39 is 41.2 Å². The fourth-order valence-electron chi connectivity index (χ4n) is 4.06. The number of alkyl halides is 6. The van der Waals surface area contributed by atoms with E-state index in [9.17, 15) is 35.9 Å². The van der Waals surface area contributed by atoms with Crippen LogP contribution in [0, 0.1) is 0 Å². The van der Waals surface area contributed by atoms with Gasteiger partial charge in [0.05, 0.1) is 29.4 Å². The number of halogens is 6. The molecule has 0 aliphatic rings. The number of alkyl carbamates (subject to hydrolysis) is 1. The maximum absolute atomic E-state index is 13.4. The normalized spacial score (nSPS) is 14.2. The summed E-state index contributed by atoms with van der Waals surface area (Å²) in [7, 11) is 0. The first kappa shape index (κ1) is 30.7. The molecular weight excluding hydrogens is 540 g/mol. The molecular formula is C29H27F6NO4. The van der Waals surface area contributed by atoms with E-state index in [0.717, 1.165) is 0 Å². The van der Waals surface area contributed by atoms with Crippen LogP contribution in [0.5, 0.6) is 0 Å². The van der Waals surface area contributed by atoms with Gasteiger partial charge in [-0.2, -0.15) is 26.3 Å². The molecule has 11 heteroatoms. The van der Waals surface area contributed by atoms with Crippen LogP contribution in [-0.4, -0.2) is 19.0 Å². The number of ether oxygens (including phenoxy) is 2. The van der Waals surface area contributed by atoms with Gasteiger partial charge >= 0.3 is 18.4 Å². The molecule has 3 aromatic carbocycles. The van der Waals surface area contributed by atoms with Gasteiger partial charge in [0.1, 0.15) is 12.9 Å². The second-order valence-electron chi connectivity index (χ2n) is 9.13. The van der Waals surface area contributed by atoms with Crippen molar-refractivity contribution >= 4 is 12.4 Å². The van der Waals surface area contributed by atoms with Crippen LogP contribution in [0.25, 0.3) is 0 Å². The molecule has 0 saturated carbocycles. The number of carbonyl (C=O) groups is 2. The van der Waals surface area contributed by atoms with Crippen molar-refractivity contribution in [2.45, 2.75) is 50.4 Å². The largest absolute Gasteiger partial charge is 0.445 e. The Balaban J connectivity index is 1.91. The summed E-state index contributed by atoms with van der Waals surface area (Å²) in [5.41, 5.74) is -3.47. The van der Waals surface area contributed by atoms with Crippen molar-refractivity contribution in [2.75, 3.05) is 6.61 Å². The standard InChI is InChI=1S/C29H27F6NO4/c1-20(22-15-24(28(30,31)32)17-25(16-22)29(33,34)35)40-19-27(13-8-14-37,23-11-6-3-7-12-23)36-26(38)39-18-21-9-4-2-5-10-21/h2-7,9-12,14-17,20H,8,13,18-19H2,1H3,(H,36,38)/t20-,27-/m1/s1. The number of carbonyl (C=O) groups excluding carboxylic acids is 2. The molecule has 0 aliphatic carbocycles. The zero-order valence-electron chi connectivity index (χ0n) is 21.4. The summed E-state index contributed by atoms with van der Waals surface area (Å²) < 4.78 is 91.4. The van der Waals surface area contributed by atoms with Crippen LogP contribution >= 0.6 is 0 Å². The number of nitrogens with one attached hydrogen (secondary N) is 1. The molecule has 1 amide bonds. The summed E-state index contributed by atoms with van der Waals surface area (Å²) in [6, 6.07) is 18.4. The third-order valence-corrected chi connectivity index (χ3v) is 6.23. The van der Waals surface area contributed by atoms with Crippen LogP contribution in [0.1, 0.15) is 53.7 Å². The zero-order valence-corrected chi connectivity index (χ0v) is 21.4.